The predicted molar refractivity (Wildman–Crippen MR) is 55.5 cm³/mol. The molecule has 18 heavy (non-hydrogen) atoms. The van der Waals surface area contributed by atoms with Crippen LogP contribution in [0.5, 0.6) is 0 Å². The summed E-state index contributed by atoms with van der Waals surface area (Å²) >= 11 is 0. The molecule has 0 aromatic rings. The quantitative estimate of drug-likeness (QED) is 0.238. The second-order valence-corrected chi connectivity index (χ2v) is 4.20. The summed E-state index contributed by atoms with van der Waals surface area (Å²) in [5, 5.41) is 55.9. The molecule has 0 unspecified atom stereocenters. The maximum absolute atomic E-state index is 11.4. The summed E-state index contributed by atoms with van der Waals surface area (Å²) in [6, 6.07) is 0. The summed E-state index contributed by atoms with van der Waals surface area (Å²) in [5.74, 6) is -11.3. The van der Waals surface area contributed by atoms with E-state index in [9.17, 15) is 35.4 Å². The van der Waals surface area contributed by atoms with Crippen molar-refractivity contribution in [2.24, 2.45) is 0 Å². The fourth-order valence-corrected chi connectivity index (χ4v) is 1.50. The summed E-state index contributed by atoms with van der Waals surface area (Å²) in [4.78, 5) is 11.4. The predicted octanol–water partition coefficient (Wildman–Crippen LogP) is -2.69. The Morgan fingerprint density at radius 1 is 1.28 bits per heavy atom. The Morgan fingerprint density at radius 2 is 1.83 bits per heavy atom. The van der Waals surface area contributed by atoms with Crippen molar-refractivity contribution in [2.75, 3.05) is 6.61 Å². The normalized spacial score (nSPS) is 24.3. The minimum absolute atomic E-state index is 0.0628. The van der Waals surface area contributed by atoms with Crippen LogP contribution >= 0.6 is 0 Å². The van der Waals surface area contributed by atoms with Crippen LogP contribution < -0.4 is 0 Å². The molecule has 0 aromatic heterocycles. The first-order valence-corrected chi connectivity index (χ1v) is 5.28. The Labute approximate surface area is 102 Å². The number of aliphatic hydroxyl groups is 6. The molecule has 0 saturated carbocycles. The number of rotatable bonds is 3. The van der Waals surface area contributed by atoms with Crippen LogP contribution in [0.25, 0.3) is 0 Å². The second-order valence-electron chi connectivity index (χ2n) is 4.20. The van der Waals surface area contributed by atoms with Crippen LogP contribution in [0.2, 0.25) is 0 Å². The molecule has 0 amide bonds. The Kier molecular flexibility index (Phi) is 3.82. The molecular formula is C10H16O8. The number of hydrogen-bond acceptors (Lipinski definition) is 8. The molecule has 0 radical (unpaired) electrons. The highest BCUT2D eigenvalue weighted by Gasteiger charge is 2.64. The molecule has 0 aliphatic heterocycles. The van der Waals surface area contributed by atoms with Gasteiger partial charge in [0.25, 0.3) is 5.79 Å². The van der Waals surface area contributed by atoms with Crippen molar-refractivity contribution in [3.05, 3.63) is 11.6 Å². The topological polar surface area (TPSA) is 148 Å². The maximum Gasteiger partial charge on any atom is 0.334 e. The number of carbonyl (C=O) groups excluding carboxylic acids is 1. The van der Waals surface area contributed by atoms with Crippen molar-refractivity contribution >= 4 is 5.97 Å². The van der Waals surface area contributed by atoms with Crippen molar-refractivity contribution in [1.82, 2.24) is 0 Å². The molecule has 0 bridgehead atoms. The van der Waals surface area contributed by atoms with E-state index in [2.05, 4.69) is 4.74 Å². The standard InChI is InChI=1S/C10H16O8/c1-2-3-18-7(11)6-4-8(12,13)10(16,17)9(14,15)5-6/h4,12-17H,2-3,5H2,1H3. The summed E-state index contributed by atoms with van der Waals surface area (Å²) in [5.41, 5.74) is -0.475. The van der Waals surface area contributed by atoms with E-state index in [0.717, 1.165) is 0 Å². The Hall–Kier alpha value is -1.03. The number of esters is 1. The minimum atomic E-state index is -3.63. The third-order valence-corrected chi connectivity index (χ3v) is 2.58. The van der Waals surface area contributed by atoms with E-state index in [1.165, 1.54) is 0 Å². The SMILES string of the molecule is CCCOC(=O)C1=CC(O)(O)C(O)(O)C(O)(O)C1. The number of ether oxygens (including phenoxy) is 1. The Bertz CT molecular complexity index is 368. The summed E-state index contributed by atoms with van der Waals surface area (Å²) in [6.07, 6.45) is 0.0246. The lowest BCUT2D eigenvalue weighted by Gasteiger charge is -2.44. The second kappa shape index (κ2) is 4.57. The molecule has 8 nitrogen and oxygen atoms in total. The van der Waals surface area contributed by atoms with Crippen LogP contribution in [0.15, 0.2) is 11.6 Å². The first kappa shape index (κ1) is 15.0. The van der Waals surface area contributed by atoms with Gasteiger partial charge in [-0.05, 0) is 12.5 Å². The molecule has 8 heteroatoms. The zero-order valence-electron chi connectivity index (χ0n) is 9.70. The zero-order valence-corrected chi connectivity index (χ0v) is 9.70. The number of hydrogen-bond donors (Lipinski definition) is 6. The van der Waals surface area contributed by atoms with E-state index in [-0.39, 0.29) is 6.61 Å². The third-order valence-electron chi connectivity index (χ3n) is 2.58. The van der Waals surface area contributed by atoms with Gasteiger partial charge in [0.15, 0.2) is 0 Å². The van der Waals surface area contributed by atoms with Crippen molar-refractivity contribution in [3.8, 4) is 0 Å². The van der Waals surface area contributed by atoms with E-state index < -0.39 is 35.3 Å². The van der Waals surface area contributed by atoms with Gasteiger partial charge in [-0.25, -0.2) is 4.79 Å². The van der Waals surface area contributed by atoms with E-state index in [1.807, 2.05) is 0 Å². The van der Waals surface area contributed by atoms with Crippen LogP contribution in [0, 0.1) is 0 Å². The van der Waals surface area contributed by atoms with E-state index in [1.54, 1.807) is 6.92 Å². The highest BCUT2D eigenvalue weighted by atomic mass is 16.7. The third kappa shape index (κ3) is 2.39. The summed E-state index contributed by atoms with van der Waals surface area (Å²) in [6.45, 7) is 1.80. The summed E-state index contributed by atoms with van der Waals surface area (Å²) < 4.78 is 4.67. The first-order valence-electron chi connectivity index (χ1n) is 5.28. The lowest BCUT2D eigenvalue weighted by molar-refractivity contribution is -0.442. The largest absolute Gasteiger partial charge is 0.462 e. The Morgan fingerprint density at radius 3 is 2.28 bits per heavy atom. The van der Waals surface area contributed by atoms with Gasteiger partial charge in [0.05, 0.1) is 6.61 Å². The zero-order chi connectivity index (χ0) is 14.2. The van der Waals surface area contributed by atoms with E-state index >= 15 is 0 Å². The van der Waals surface area contributed by atoms with Crippen LogP contribution in [-0.4, -0.2) is 60.6 Å². The van der Waals surface area contributed by atoms with Crippen LogP contribution in [0.4, 0.5) is 0 Å². The van der Waals surface area contributed by atoms with E-state index in [0.29, 0.717) is 12.5 Å². The molecule has 0 spiro atoms. The van der Waals surface area contributed by atoms with Crippen molar-refractivity contribution < 1.29 is 40.2 Å². The smallest absolute Gasteiger partial charge is 0.334 e. The molecular weight excluding hydrogens is 248 g/mol. The van der Waals surface area contributed by atoms with Crippen molar-refractivity contribution in [1.29, 1.82) is 0 Å². The van der Waals surface area contributed by atoms with Gasteiger partial charge in [-0.3, -0.25) is 0 Å². The average molecular weight is 264 g/mol. The molecule has 0 saturated heterocycles. The lowest BCUT2D eigenvalue weighted by Crippen LogP contribution is -2.69. The van der Waals surface area contributed by atoms with Crippen molar-refractivity contribution in [3.63, 3.8) is 0 Å². The van der Waals surface area contributed by atoms with Gasteiger partial charge in [0, 0.05) is 12.0 Å². The van der Waals surface area contributed by atoms with Crippen LogP contribution in [0.3, 0.4) is 0 Å². The fraction of sp³-hybridized carbons (Fsp3) is 0.700. The molecule has 1 aliphatic carbocycles. The van der Waals surface area contributed by atoms with Crippen LogP contribution in [-0.2, 0) is 9.53 Å². The van der Waals surface area contributed by atoms with Gasteiger partial charge in [-0.1, -0.05) is 6.92 Å². The molecule has 0 heterocycles. The highest BCUT2D eigenvalue weighted by Crippen LogP contribution is 2.38. The van der Waals surface area contributed by atoms with Gasteiger partial charge in [0.1, 0.15) is 0 Å². The van der Waals surface area contributed by atoms with Gasteiger partial charge in [-0.15, -0.1) is 0 Å². The molecule has 1 rings (SSSR count). The molecule has 104 valence electrons. The lowest BCUT2D eigenvalue weighted by atomic mass is 9.83. The highest BCUT2D eigenvalue weighted by molar-refractivity contribution is 5.89. The molecule has 0 aromatic carbocycles. The minimum Gasteiger partial charge on any atom is -0.462 e. The summed E-state index contributed by atoms with van der Waals surface area (Å²) in [7, 11) is 0. The van der Waals surface area contributed by atoms with Gasteiger partial charge in [-0.2, -0.15) is 0 Å². The molecule has 6 N–H and O–H groups in total. The Balaban J connectivity index is 3.04. The van der Waals surface area contributed by atoms with Gasteiger partial charge >= 0.3 is 5.97 Å². The van der Waals surface area contributed by atoms with Crippen molar-refractivity contribution in [2.45, 2.75) is 37.1 Å². The van der Waals surface area contributed by atoms with E-state index in [4.69, 9.17) is 0 Å². The maximum atomic E-state index is 11.4. The molecule has 0 atom stereocenters. The number of carbonyl (C=O) groups is 1. The average Bonchev–Trinajstić information content (AvgIpc) is 2.22. The monoisotopic (exact) mass is 264 g/mol. The first-order chi connectivity index (χ1) is 8.05. The molecule has 1 aliphatic rings. The molecule has 0 fully saturated rings. The fourth-order valence-electron chi connectivity index (χ4n) is 1.50. The van der Waals surface area contributed by atoms with Gasteiger partial charge in [0.2, 0.25) is 11.6 Å². The van der Waals surface area contributed by atoms with Gasteiger partial charge < -0.3 is 35.4 Å². The van der Waals surface area contributed by atoms with Crippen LogP contribution in [0.1, 0.15) is 19.8 Å².